The zero-order valence-electron chi connectivity index (χ0n) is 9.37. The minimum atomic E-state index is 0.800. The SMILES string of the molecule is CCC(C#N)=CSc1c(C)cccc1C. The van der Waals surface area contributed by atoms with Crippen LogP contribution in [0.1, 0.15) is 24.5 Å². The molecule has 0 saturated carbocycles. The number of thioether (sulfide) groups is 1. The highest BCUT2D eigenvalue weighted by Gasteiger charge is 2.01. The van der Waals surface area contributed by atoms with Gasteiger partial charge in [0.05, 0.1) is 6.07 Å². The summed E-state index contributed by atoms with van der Waals surface area (Å²) in [7, 11) is 0. The number of hydrogen-bond donors (Lipinski definition) is 0. The molecular weight excluding hydrogens is 202 g/mol. The third-order valence-corrected chi connectivity index (χ3v) is 3.53. The van der Waals surface area contributed by atoms with E-state index in [1.807, 2.05) is 12.3 Å². The van der Waals surface area contributed by atoms with Crippen molar-refractivity contribution in [1.82, 2.24) is 0 Å². The molecule has 1 nitrogen and oxygen atoms in total. The van der Waals surface area contributed by atoms with E-state index in [0.717, 1.165) is 12.0 Å². The van der Waals surface area contributed by atoms with Crippen LogP contribution in [0.25, 0.3) is 0 Å². The molecule has 0 atom stereocenters. The number of allylic oxidation sites excluding steroid dienone is 1. The Morgan fingerprint density at radius 2 is 2.00 bits per heavy atom. The molecule has 1 aromatic rings. The highest BCUT2D eigenvalue weighted by molar-refractivity contribution is 8.02. The molecule has 0 radical (unpaired) electrons. The summed E-state index contributed by atoms with van der Waals surface area (Å²) in [5, 5.41) is 10.8. The van der Waals surface area contributed by atoms with Crippen LogP contribution in [0, 0.1) is 25.2 Å². The molecule has 78 valence electrons. The summed E-state index contributed by atoms with van der Waals surface area (Å²) >= 11 is 1.65. The van der Waals surface area contributed by atoms with E-state index >= 15 is 0 Å². The summed E-state index contributed by atoms with van der Waals surface area (Å²) in [4.78, 5) is 1.26. The minimum Gasteiger partial charge on any atom is -0.193 e. The van der Waals surface area contributed by atoms with Gasteiger partial charge in [0.25, 0.3) is 0 Å². The van der Waals surface area contributed by atoms with E-state index in [-0.39, 0.29) is 0 Å². The van der Waals surface area contributed by atoms with Crippen molar-refractivity contribution in [3.8, 4) is 6.07 Å². The highest BCUT2D eigenvalue weighted by Crippen LogP contribution is 2.28. The Kier molecular flexibility index (Phi) is 4.45. The van der Waals surface area contributed by atoms with Crippen LogP contribution in [0.15, 0.2) is 34.1 Å². The predicted octanol–water partition coefficient (Wildman–Crippen LogP) is 4.21. The van der Waals surface area contributed by atoms with Gasteiger partial charge in [0, 0.05) is 10.5 Å². The molecule has 2 heteroatoms. The van der Waals surface area contributed by atoms with Crippen molar-refractivity contribution >= 4 is 11.8 Å². The summed E-state index contributed by atoms with van der Waals surface area (Å²) in [5.41, 5.74) is 3.37. The van der Waals surface area contributed by atoms with Gasteiger partial charge in [-0.05, 0) is 36.8 Å². The van der Waals surface area contributed by atoms with Crippen LogP contribution in [0.5, 0.6) is 0 Å². The average molecular weight is 217 g/mol. The first-order valence-corrected chi connectivity index (χ1v) is 5.89. The summed E-state index contributed by atoms with van der Waals surface area (Å²) < 4.78 is 0. The fraction of sp³-hybridized carbons (Fsp3) is 0.308. The molecule has 0 fully saturated rings. The van der Waals surface area contributed by atoms with E-state index in [1.165, 1.54) is 16.0 Å². The van der Waals surface area contributed by atoms with Gasteiger partial charge < -0.3 is 0 Å². The third-order valence-electron chi connectivity index (χ3n) is 2.25. The molecule has 0 heterocycles. The van der Waals surface area contributed by atoms with Crippen molar-refractivity contribution in [2.24, 2.45) is 0 Å². The normalized spacial score (nSPS) is 11.2. The second kappa shape index (κ2) is 5.63. The van der Waals surface area contributed by atoms with E-state index in [9.17, 15) is 0 Å². The molecule has 0 N–H and O–H groups in total. The summed E-state index contributed by atoms with van der Waals surface area (Å²) in [6.45, 7) is 6.20. The maximum atomic E-state index is 8.81. The van der Waals surface area contributed by atoms with Crippen molar-refractivity contribution in [3.63, 3.8) is 0 Å². The molecule has 0 bridgehead atoms. The summed E-state index contributed by atoms with van der Waals surface area (Å²) in [5.74, 6) is 0. The van der Waals surface area contributed by atoms with Crippen molar-refractivity contribution in [3.05, 3.63) is 40.3 Å². The zero-order chi connectivity index (χ0) is 11.3. The fourth-order valence-electron chi connectivity index (χ4n) is 1.30. The topological polar surface area (TPSA) is 23.8 Å². The standard InChI is InChI=1S/C13H15NS/c1-4-12(8-14)9-15-13-10(2)6-5-7-11(13)3/h5-7,9H,4H2,1-3H3. The van der Waals surface area contributed by atoms with E-state index in [1.54, 1.807) is 11.8 Å². The average Bonchev–Trinajstić information content (AvgIpc) is 2.23. The molecule has 0 spiro atoms. The van der Waals surface area contributed by atoms with Crippen molar-refractivity contribution < 1.29 is 0 Å². The molecule has 0 aromatic heterocycles. The Labute approximate surface area is 95.8 Å². The molecule has 0 unspecified atom stereocenters. The quantitative estimate of drug-likeness (QED) is 0.559. The lowest BCUT2D eigenvalue weighted by molar-refractivity contribution is 1.16. The van der Waals surface area contributed by atoms with Crippen molar-refractivity contribution in [2.75, 3.05) is 0 Å². The Bertz CT molecular complexity index is 393. The van der Waals surface area contributed by atoms with Crippen LogP contribution in [0.3, 0.4) is 0 Å². The summed E-state index contributed by atoms with van der Waals surface area (Å²) in [6.07, 6.45) is 0.800. The van der Waals surface area contributed by atoms with Gasteiger partial charge in [-0.1, -0.05) is 36.9 Å². The fourth-order valence-corrected chi connectivity index (χ4v) is 2.29. The minimum absolute atomic E-state index is 0.800. The number of nitriles is 1. The summed E-state index contributed by atoms with van der Waals surface area (Å²) in [6, 6.07) is 8.46. The highest BCUT2D eigenvalue weighted by atomic mass is 32.2. The van der Waals surface area contributed by atoms with Crippen LogP contribution >= 0.6 is 11.8 Å². The van der Waals surface area contributed by atoms with Crippen LogP contribution in [-0.2, 0) is 0 Å². The van der Waals surface area contributed by atoms with Crippen LogP contribution in [0.4, 0.5) is 0 Å². The van der Waals surface area contributed by atoms with Gasteiger partial charge in [-0.3, -0.25) is 0 Å². The van der Waals surface area contributed by atoms with Crippen LogP contribution in [-0.4, -0.2) is 0 Å². The number of aryl methyl sites for hydroxylation is 2. The van der Waals surface area contributed by atoms with Crippen LogP contribution < -0.4 is 0 Å². The van der Waals surface area contributed by atoms with Gasteiger partial charge >= 0.3 is 0 Å². The van der Waals surface area contributed by atoms with E-state index in [2.05, 4.69) is 38.1 Å². The van der Waals surface area contributed by atoms with Gasteiger partial charge in [0.2, 0.25) is 0 Å². The monoisotopic (exact) mass is 217 g/mol. The molecule has 15 heavy (non-hydrogen) atoms. The molecular formula is C13H15NS. The van der Waals surface area contributed by atoms with Crippen LogP contribution in [0.2, 0.25) is 0 Å². The first kappa shape index (κ1) is 11.9. The maximum Gasteiger partial charge on any atom is 0.0952 e. The van der Waals surface area contributed by atoms with E-state index in [0.29, 0.717) is 0 Å². The Morgan fingerprint density at radius 3 is 2.47 bits per heavy atom. The largest absolute Gasteiger partial charge is 0.193 e. The smallest absolute Gasteiger partial charge is 0.0952 e. The predicted molar refractivity (Wildman–Crippen MR) is 65.8 cm³/mol. The molecule has 0 aliphatic carbocycles. The van der Waals surface area contributed by atoms with Crippen molar-refractivity contribution in [2.45, 2.75) is 32.1 Å². The molecule has 1 rings (SSSR count). The second-order valence-corrected chi connectivity index (χ2v) is 4.33. The van der Waals surface area contributed by atoms with Gasteiger partial charge in [-0.2, -0.15) is 5.26 Å². The van der Waals surface area contributed by atoms with Gasteiger partial charge in [-0.25, -0.2) is 0 Å². The molecule has 1 aromatic carbocycles. The molecule has 0 saturated heterocycles. The Balaban J connectivity index is 2.91. The molecule has 0 aliphatic heterocycles. The third kappa shape index (κ3) is 3.14. The van der Waals surface area contributed by atoms with E-state index in [4.69, 9.17) is 5.26 Å². The van der Waals surface area contributed by atoms with Gasteiger partial charge in [-0.15, -0.1) is 0 Å². The van der Waals surface area contributed by atoms with Gasteiger partial charge in [0.1, 0.15) is 0 Å². The van der Waals surface area contributed by atoms with Gasteiger partial charge in [0.15, 0.2) is 0 Å². The lowest BCUT2D eigenvalue weighted by atomic mass is 10.2. The first-order chi connectivity index (χ1) is 7.19. The van der Waals surface area contributed by atoms with Crippen molar-refractivity contribution in [1.29, 1.82) is 5.26 Å². The number of benzene rings is 1. The van der Waals surface area contributed by atoms with E-state index < -0.39 is 0 Å². The second-order valence-electron chi connectivity index (χ2n) is 3.45. The Morgan fingerprint density at radius 1 is 1.40 bits per heavy atom. The molecule has 0 aliphatic rings. The zero-order valence-corrected chi connectivity index (χ0v) is 10.2. The number of nitrogens with zero attached hydrogens (tertiary/aromatic N) is 1. The lowest BCUT2D eigenvalue weighted by Gasteiger charge is -2.06. The Hall–Kier alpha value is -1.20. The molecule has 0 amide bonds. The lowest BCUT2D eigenvalue weighted by Crippen LogP contribution is -1.83. The number of hydrogen-bond acceptors (Lipinski definition) is 2. The maximum absolute atomic E-state index is 8.81. The first-order valence-electron chi connectivity index (χ1n) is 5.01. The number of rotatable bonds is 3.